The topological polar surface area (TPSA) is 32.3 Å². The zero-order valence-electron chi connectivity index (χ0n) is 14.7. The van der Waals surface area contributed by atoms with E-state index in [9.17, 15) is 4.79 Å². The zero-order valence-corrected chi connectivity index (χ0v) is 16.2. The number of carbonyl (C=O) groups excluding carboxylic acids is 1. The molecule has 4 rings (SSSR count). The van der Waals surface area contributed by atoms with Crippen LogP contribution in [0.15, 0.2) is 53.4 Å². The number of fused-ring (bicyclic) bond motifs is 1. The van der Waals surface area contributed by atoms with Gasteiger partial charge in [0.15, 0.2) is 0 Å². The summed E-state index contributed by atoms with van der Waals surface area (Å²) in [7, 11) is 0. The zero-order chi connectivity index (χ0) is 17.9. The van der Waals surface area contributed by atoms with E-state index >= 15 is 0 Å². The van der Waals surface area contributed by atoms with E-state index < -0.39 is 0 Å². The number of hydrogen-bond donors (Lipinski definition) is 1. The van der Waals surface area contributed by atoms with Crippen LogP contribution in [0, 0.1) is 0 Å². The molecule has 2 heterocycles. The van der Waals surface area contributed by atoms with Gasteiger partial charge in [-0.25, -0.2) is 0 Å². The van der Waals surface area contributed by atoms with Crippen molar-refractivity contribution in [1.29, 1.82) is 0 Å². The van der Waals surface area contributed by atoms with Gasteiger partial charge in [-0.15, -0.1) is 11.8 Å². The molecule has 2 aromatic rings. The molecule has 136 valence electrons. The average molecular weight is 387 g/mol. The Hall–Kier alpha value is -1.49. The van der Waals surface area contributed by atoms with E-state index in [1.807, 2.05) is 30.3 Å². The Labute approximate surface area is 164 Å². The Morgan fingerprint density at radius 3 is 2.65 bits per heavy atom. The van der Waals surface area contributed by atoms with Gasteiger partial charge in [-0.3, -0.25) is 9.69 Å². The number of hydrogen-bond acceptors (Lipinski definition) is 3. The first kappa shape index (κ1) is 17.9. The van der Waals surface area contributed by atoms with E-state index in [2.05, 4.69) is 28.4 Å². The molecule has 1 amide bonds. The van der Waals surface area contributed by atoms with Crippen molar-refractivity contribution >= 4 is 29.3 Å². The molecule has 2 aromatic carbocycles. The van der Waals surface area contributed by atoms with E-state index in [0.717, 1.165) is 30.1 Å². The number of amides is 1. The molecule has 2 unspecified atom stereocenters. The van der Waals surface area contributed by atoms with Crippen LogP contribution >= 0.6 is 23.4 Å². The summed E-state index contributed by atoms with van der Waals surface area (Å²) < 4.78 is 0. The van der Waals surface area contributed by atoms with E-state index in [4.69, 9.17) is 11.6 Å². The standard InChI is InChI=1S/C21H23ClN2OS/c22-17-9-3-2-8-16(17)18(24-11-5-6-12-24)14-23-21(25)20-13-15-7-1-4-10-19(15)26-20/h1-4,7-10,18,20H,5-6,11-14H2,(H,23,25). The number of likely N-dealkylation sites (tertiary alicyclic amines) is 1. The summed E-state index contributed by atoms with van der Waals surface area (Å²) in [6, 6.07) is 16.4. The van der Waals surface area contributed by atoms with Gasteiger partial charge >= 0.3 is 0 Å². The summed E-state index contributed by atoms with van der Waals surface area (Å²) in [6.45, 7) is 2.74. The number of thioether (sulfide) groups is 1. The third kappa shape index (κ3) is 3.78. The normalized spacial score (nSPS) is 20.7. The molecule has 26 heavy (non-hydrogen) atoms. The molecule has 3 nitrogen and oxygen atoms in total. The Kier molecular flexibility index (Phi) is 5.53. The monoisotopic (exact) mass is 386 g/mol. The highest BCUT2D eigenvalue weighted by atomic mass is 35.5. The summed E-state index contributed by atoms with van der Waals surface area (Å²) in [4.78, 5) is 16.4. The van der Waals surface area contributed by atoms with Gasteiger partial charge in [0.2, 0.25) is 5.91 Å². The van der Waals surface area contributed by atoms with Crippen LogP contribution in [0.4, 0.5) is 0 Å². The second kappa shape index (κ2) is 8.03. The maximum absolute atomic E-state index is 12.8. The molecule has 0 aromatic heterocycles. The van der Waals surface area contributed by atoms with Gasteiger partial charge < -0.3 is 5.32 Å². The maximum atomic E-state index is 12.8. The van der Waals surface area contributed by atoms with Gasteiger partial charge in [-0.2, -0.15) is 0 Å². The minimum absolute atomic E-state index is 0.0297. The van der Waals surface area contributed by atoms with Gasteiger partial charge in [-0.05, 0) is 55.6 Å². The quantitative estimate of drug-likeness (QED) is 0.831. The lowest BCUT2D eigenvalue weighted by molar-refractivity contribution is -0.120. The van der Waals surface area contributed by atoms with Gasteiger partial charge in [0, 0.05) is 16.5 Å². The summed E-state index contributed by atoms with van der Waals surface area (Å²) in [5, 5.41) is 3.95. The van der Waals surface area contributed by atoms with Crippen LogP contribution < -0.4 is 5.32 Å². The van der Waals surface area contributed by atoms with Crippen LogP contribution in [0.3, 0.4) is 0 Å². The summed E-state index contributed by atoms with van der Waals surface area (Å²) >= 11 is 8.13. The Morgan fingerprint density at radius 2 is 1.88 bits per heavy atom. The second-order valence-electron chi connectivity index (χ2n) is 6.94. The van der Waals surface area contributed by atoms with E-state index in [0.29, 0.717) is 6.54 Å². The number of nitrogens with zero attached hydrogens (tertiary/aromatic N) is 1. The van der Waals surface area contributed by atoms with Crippen molar-refractivity contribution in [1.82, 2.24) is 10.2 Å². The number of rotatable bonds is 5. The fourth-order valence-electron chi connectivity index (χ4n) is 3.87. The van der Waals surface area contributed by atoms with Crippen molar-refractivity contribution in [2.75, 3.05) is 19.6 Å². The minimum Gasteiger partial charge on any atom is -0.353 e. The number of nitrogens with one attached hydrogen (secondary N) is 1. The second-order valence-corrected chi connectivity index (χ2v) is 8.60. The van der Waals surface area contributed by atoms with Crippen LogP contribution in [0.2, 0.25) is 5.02 Å². The first-order valence-corrected chi connectivity index (χ1v) is 10.5. The lowest BCUT2D eigenvalue weighted by Crippen LogP contribution is -2.40. The molecule has 1 fully saturated rings. The molecule has 2 aliphatic heterocycles. The molecule has 0 radical (unpaired) electrons. The molecule has 1 saturated heterocycles. The van der Waals surface area contributed by atoms with Crippen LogP contribution in [0.25, 0.3) is 0 Å². The Balaban J connectivity index is 1.44. The van der Waals surface area contributed by atoms with Crippen LogP contribution in [-0.2, 0) is 11.2 Å². The van der Waals surface area contributed by atoms with E-state index in [-0.39, 0.29) is 17.2 Å². The van der Waals surface area contributed by atoms with Crippen molar-refractivity contribution in [2.24, 2.45) is 0 Å². The van der Waals surface area contributed by atoms with Crippen LogP contribution in [0.1, 0.15) is 30.0 Å². The minimum atomic E-state index is -0.0297. The van der Waals surface area contributed by atoms with Crippen molar-refractivity contribution < 1.29 is 4.79 Å². The van der Waals surface area contributed by atoms with Gasteiger partial charge in [0.1, 0.15) is 0 Å². The smallest absolute Gasteiger partial charge is 0.233 e. The summed E-state index contributed by atoms with van der Waals surface area (Å²) in [6.07, 6.45) is 3.23. The van der Waals surface area contributed by atoms with Gasteiger partial charge in [0.05, 0.1) is 11.3 Å². The molecule has 0 saturated carbocycles. The predicted octanol–water partition coefficient (Wildman–Crippen LogP) is 4.31. The highest BCUT2D eigenvalue weighted by Crippen LogP contribution is 2.37. The van der Waals surface area contributed by atoms with Crippen molar-refractivity contribution in [3.63, 3.8) is 0 Å². The lowest BCUT2D eigenvalue weighted by atomic mass is 10.0. The molecule has 2 atom stereocenters. The first-order valence-electron chi connectivity index (χ1n) is 9.23. The van der Waals surface area contributed by atoms with Crippen molar-refractivity contribution in [3.05, 3.63) is 64.7 Å². The number of benzene rings is 2. The molecule has 0 spiro atoms. The average Bonchev–Trinajstić information content (AvgIpc) is 3.32. The van der Waals surface area contributed by atoms with Gasteiger partial charge in [0.25, 0.3) is 0 Å². The number of halogens is 1. The maximum Gasteiger partial charge on any atom is 0.233 e. The number of carbonyl (C=O) groups is 1. The molecule has 0 aliphatic carbocycles. The molecule has 1 N–H and O–H groups in total. The molecular formula is C21H23ClN2OS. The highest BCUT2D eigenvalue weighted by Gasteiger charge is 2.30. The fourth-order valence-corrected chi connectivity index (χ4v) is 5.36. The third-order valence-electron chi connectivity index (χ3n) is 5.25. The molecule has 0 bridgehead atoms. The van der Waals surface area contributed by atoms with Crippen LogP contribution in [-0.4, -0.2) is 35.7 Å². The van der Waals surface area contributed by atoms with Crippen molar-refractivity contribution in [2.45, 2.75) is 35.4 Å². The van der Waals surface area contributed by atoms with Gasteiger partial charge in [-0.1, -0.05) is 48.0 Å². The van der Waals surface area contributed by atoms with E-state index in [1.54, 1.807) is 11.8 Å². The summed E-state index contributed by atoms with van der Waals surface area (Å²) in [5.74, 6) is 0.127. The third-order valence-corrected chi connectivity index (χ3v) is 6.92. The molecule has 5 heteroatoms. The Morgan fingerprint density at radius 1 is 1.15 bits per heavy atom. The summed E-state index contributed by atoms with van der Waals surface area (Å²) in [5.41, 5.74) is 2.39. The fraction of sp³-hybridized carbons (Fsp3) is 0.381. The largest absolute Gasteiger partial charge is 0.353 e. The van der Waals surface area contributed by atoms with E-state index in [1.165, 1.54) is 23.3 Å². The first-order chi connectivity index (χ1) is 12.7. The molecule has 2 aliphatic rings. The molecular weight excluding hydrogens is 364 g/mol. The SMILES string of the molecule is O=C(NCC(c1ccccc1Cl)N1CCCC1)C1Cc2ccccc2S1. The lowest BCUT2D eigenvalue weighted by Gasteiger charge is -2.29. The van der Waals surface area contributed by atoms with Crippen molar-refractivity contribution in [3.8, 4) is 0 Å². The predicted molar refractivity (Wildman–Crippen MR) is 108 cm³/mol. The Bertz CT molecular complexity index is 766. The highest BCUT2D eigenvalue weighted by molar-refractivity contribution is 8.01. The van der Waals surface area contributed by atoms with Crippen LogP contribution in [0.5, 0.6) is 0 Å².